The van der Waals surface area contributed by atoms with E-state index in [-0.39, 0.29) is 4.90 Å². The summed E-state index contributed by atoms with van der Waals surface area (Å²) in [5.74, 6) is 1.26. The van der Waals surface area contributed by atoms with E-state index in [1.165, 1.54) is 12.1 Å². The van der Waals surface area contributed by atoms with Crippen molar-refractivity contribution >= 4 is 27.0 Å². The number of aryl methyl sites for hydroxylation is 1. The van der Waals surface area contributed by atoms with Crippen molar-refractivity contribution in [2.24, 2.45) is 0 Å². The van der Waals surface area contributed by atoms with Crippen LogP contribution in [0.4, 0.5) is 5.69 Å². The summed E-state index contributed by atoms with van der Waals surface area (Å²) in [6.45, 7) is 1.94. The summed E-state index contributed by atoms with van der Waals surface area (Å²) in [5, 5.41) is 2.91. The van der Waals surface area contributed by atoms with Crippen LogP contribution in [0.15, 0.2) is 89.1 Å². The molecule has 0 bridgehead atoms. The zero-order valence-electron chi connectivity index (χ0n) is 15.6. The number of hydrogen-bond acceptors (Lipinski definition) is 5. The second-order valence-electron chi connectivity index (χ2n) is 6.32. The van der Waals surface area contributed by atoms with Gasteiger partial charge in [-0.05, 0) is 55.5 Å². The van der Waals surface area contributed by atoms with Gasteiger partial charge in [0.05, 0.1) is 15.6 Å². The van der Waals surface area contributed by atoms with Gasteiger partial charge >= 0.3 is 0 Å². The zero-order valence-corrected chi connectivity index (χ0v) is 17.2. The third-order valence-electron chi connectivity index (χ3n) is 4.14. The fourth-order valence-electron chi connectivity index (χ4n) is 2.76. The average Bonchev–Trinajstić information content (AvgIpc) is 3.16. The Morgan fingerprint density at radius 3 is 2.31 bits per heavy atom. The number of anilines is 1. The molecule has 7 heteroatoms. The molecule has 0 fully saturated rings. The van der Waals surface area contributed by atoms with Gasteiger partial charge in [0.25, 0.3) is 10.0 Å². The monoisotopic (exact) mass is 422 g/mol. The van der Waals surface area contributed by atoms with Crippen molar-refractivity contribution in [3.05, 3.63) is 89.3 Å². The molecule has 0 radical (unpaired) electrons. The van der Waals surface area contributed by atoms with E-state index in [0.29, 0.717) is 17.2 Å². The number of para-hydroxylation sites is 1. The van der Waals surface area contributed by atoms with Crippen LogP contribution in [0, 0.1) is 6.92 Å². The molecule has 146 valence electrons. The summed E-state index contributed by atoms with van der Waals surface area (Å²) in [4.78, 5) is 4.61. The van der Waals surface area contributed by atoms with E-state index in [9.17, 15) is 8.42 Å². The number of hydrogen-bond donors (Lipinski definition) is 1. The van der Waals surface area contributed by atoms with Crippen molar-refractivity contribution in [2.75, 3.05) is 4.72 Å². The van der Waals surface area contributed by atoms with Gasteiger partial charge in [-0.2, -0.15) is 0 Å². The Labute approximate surface area is 173 Å². The van der Waals surface area contributed by atoms with Gasteiger partial charge in [0, 0.05) is 16.6 Å². The second-order valence-corrected chi connectivity index (χ2v) is 9.07. The predicted octanol–water partition coefficient (Wildman–Crippen LogP) is 5.71. The highest BCUT2D eigenvalue weighted by atomic mass is 32.2. The molecule has 5 nitrogen and oxygen atoms in total. The molecule has 0 aliphatic heterocycles. The third kappa shape index (κ3) is 4.64. The molecule has 1 aromatic heterocycles. The Bertz CT molecular complexity index is 1220. The lowest BCUT2D eigenvalue weighted by Crippen LogP contribution is -2.12. The normalized spacial score (nSPS) is 11.2. The number of sulfonamides is 1. The summed E-state index contributed by atoms with van der Waals surface area (Å²) in [7, 11) is -3.72. The molecule has 0 atom stereocenters. The molecule has 3 aromatic carbocycles. The van der Waals surface area contributed by atoms with Gasteiger partial charge in [0.15, 0.2) is 0 Å². The van der Waals surface area contributed by atoms with Crippen molar-refractivity contribution < 1.29 is 13.2 Å². The number of ether oxygens (including phenoxy) is 1. The van der Waals surface area contributed by atoms with Crippen LogP contribution in [0.2, 0.25) is 0 Å². The molecule has 1 heterocycles. The highest BCUT2D eigenvalue weighted by Gasteiger charge is 2.15. The van der Waals surface area contributed by atoms with E-state index in [1.807, 2.05) is 48.7 Å². The highest BCUT2D eigenvalue weighted by molar-refractivity contribution is 7.92. The van der Waals surface area contributed by atoms with Crippen molar-refractivity contribution in [1.82, 2.24) is 4.98 Å². The molecule has 0 amide bonds. The lowest BCUT2D eigenvalue weighted by Gasteiger charge is -2.10. The Morgan fingerprint density at radius 2 is 1.62 bits per heavy atom. The first-order chi connectivity index (χ1) is 14.0. The first-order valence-electron chi connectivity index (χ1n) is 8.88. The van der Waals surface area contributed by atoms with Crippen molar-refractivity contribution in [3.8, 4) is 22.8 Å². The Morgan fingerprint density at radius 1 is 0.897 bits per heavy atom. The number of nitrogens with zero attached hydrogens (tertiary/aromatic N) is 1. The third-order valence-corrected chi connectivity index (χ3v) is 6.31. The topological polar surface area (TPSA) is 68.3 Å². The molecule has 1 N–H and O–H groups in total. The van der Waals surface area contributed by atoms with E-state index in [1.54, 1.807) is 41.7 Å². The molecule has 29 heavy (non-hydrogen) atoms. The fraction of sp³-hybridized carbons (Fsp3) is 0.0455. The molecule has 0 unspecified atom stereocenters. The molecule has 0 saturated heterocycles. The maximum absolute atomic E-state index is 12.8. The van der Waals surface area contributed by atoms with Gasteiger partial charge < -0.3 is 4.74 Å². The van der Waals surface area contributed by atoms with Crippen LogP contribution in [0.5, 0.6) is 11.5 Å². The second kappa shape index (κ2) is 8.06. The van der Waals surface area contributed by atoms with Crippen LogP contribution in [0.1, 0.15) is 5.01 Å². The Hall–Kier alpha value is -3.16. The maximum atomic E-state index is 12.8. The summed E-state index contributed by atoms with van der Waals surface area (Å²) in [6.07, 6.45) is 0. The van der Waals surface area contributed by atoms with Gasteiger partial charge in [-0.25, -0.2) is 13.4 Å². The van der Waals surface area contributed by atoms with E-state index in [4.69, 9.17) is 4.74 Å². The smallest absolute Gasteiger partial charge is 0.261 e. The maximum Gasteiger partial charge on any atom is 0.261 e. The predicted molar refractivity (Wildman–Crippen MR) is 116 cm³/mol. The van der Waals surface area contributed by atoms with Gasteiger partial charge in [0.2, 0.25) is 0 Å². The van der Waals surface area contributed by atoms with Crippen LogP contribution in [0.3, 0.4) is 0 Å². The average molecular weight is 423 g/mol. The molecule has 0 spiro atoms. The minimum absolute atomic E-state index is 0.160. The number of benzene rings is 3. The largest absolute Gasteiger partial charge is 0.457 e. The zero-order chi connectivity index (χ0) is 20.3. The minimum Gasteiger partial charge on any atom is -0.457 e. The first-order valence-corrected chi connectivity index (χ1v) is 11.2. The van der Waals surface area contributed by atoms with Crippen LogP contribution >= 0.6 is 11.3 Å². The molecular weight excluding hydrogens is 404 g/mol. The summed E-state index contributed by atoms with van der Waals surface area (Å²) < 4.78 is 33.9. The molecule has 0 aliphatic rings. The van der Waals surface area contributed by atoms with Gasteiger partial charge in [-0.3, -0.25) is 4.72 Å². The standard InChI is InChI=1S/C22H18N2O3S2/c1-16-23-22(15-28-16)17-6-5-7-18(14-17)24-29(25,26)21-12-10-20(11-13-21)27-19-8-3-2-4-9-19/h2-15,24H,1H3. The van der Waals surface area contributed by atoms with Crippen LogP contribution < -0.4 is 9.46 Å². The Balaban J connectivity index is 1.51. The summed E-state index contributed by atoms with van der Waals surface area (Å²) in [6, 6.07) is 22.8. The van der Waals surface area contributed by atoms with E-state index in [2.05, 4.69) is 9.71 Å². The first kappa shape index (κ1) is 19.2. The van der Waals surface area contributed by atoms with E-state index < -0.39 is 10.0 Å². The molecule has 4 aromatic rings. The van der Waals surface area contributed by atoms with Crippen LogP contribution in [0.25, 0.3) is 11.3 Å². The fourth-order valence-corrected chi connectivity index (χ4v) is 4.44. The minimum atomic E-state index is -3.72. The quantitative estimate of drug-likeness (QED) is 0.432. The van der Waals surface area contributed by atoms with Gasteiger partial charge in [-0.1, -0.05) is 30.3 Å². The summed E-state index contributed by atoms with van der Waals surface area (Å²) >= 11 is 1.56. The summed E-state index contributed by atoms with van der Waals surface area (Å²) in [5.41, 5.74) is 2.18. The molecule has 0 saturated carbocycles. The molecule has 0 aliphatic carbocycles. The lowest BCUT2D eigenvalue weighted by molar-refractivity contribution is 0.482. The van der Waals surface area contributed by atoms with Crippen molar-refractivity contribution in [2.45, 2.75) is 11.8 Å². The number of aromatic nitrogens is 1. The lowest BCUT2D eigenvalue weighted by atomic mass is 10.1. The number of rotatable bonds is 6. The van der Waals surface area contributed by atoms with Crippen molar-refractivity contribution in [1.29, 1.82) is 0 Å². The highest BCUT2D eigenvalue weighted by Crippen LogP contribution is 2.27. The van der Waals surface area contributed by atoms with Gasteiger partial charge in [0.1, 0.15) is 11.5 Å². The van der Waals surface area contributed by atoms with Gasteiger partial charge in [-0.15, -0.1) is 11.3 Å². The number of thiazole rings is 1. The molecule has 4 rings (SSSR count). The van der Waals surface area contributed by atoms with E-state index >= 15 is 0 Å². The Kier molecular flexibility index (Phi) is 5.33. The SMILES string of the molecule is Cc1nc(-c2cccc(NS(=O)(=O)c3ccc(Oc4ccccc4)cc3)c2)cs1. The number of nitrogens with one attached hydrogen (secondary N) is 1. The molecular formula is C22H18N2O3S2. The van der Waals surface area contributed by atoms with E-state index in [0.717, 1.165) is 16.3 Å². The van der Waals surface area contributed by atoms with Crippen LogP contribution in [-0.2, 0) is 10.0 Å². The van der Waals surface area contributed by atoms with Crippen molar-refractivity contribution in [3.63, 3.8) is 0 Å². The van der Waals surface area contributed by atoms with Crippen LogP contribution in [-0.4, -0.2) is 13.4 Å².